The second kappa shape index (κ2) is 4.60. The molecular formula is C10H14N2O2. The van der Waals surface area contributed by atoms with Crippen LogP contribution in [0.15, 0.2) is 18.5 Å². The van der Waals surface area contributed by atoms with E-state index in [2.05, 4.69) is 24.1 Å². The van der Waals surface area contributed by atoms with Crippen LogP contribution < -0.4 is 5.32 Å². The first-order chi connectivity index (χ1) is 6.61. The zero-order valence-corrected chi connectivity index (χ0v) is 8.32. The molecule has 76 valence electrons. The Hall–Kier alpha value is -1.58. The molecule has 0 bridgehead atoms. The lowest BCUT2D eigenvalue weighted by Crippen LogP contribution is -2.11. The van der Waals surface area contributed by atoms with E-state index in [0.29, 0.717) is 11.6 Å². The van der Waals surface area contributed by atoms with Gasteiger partial charge >= 0.3 is 5.97 Å². The minimum Gasteiger partial charge on any atom is -0.478 e. The molecule has 0 aliphatic heterocycles. The molecule has 0 radical (unpaired) electrons. The summed E-state index contributed by atoms with van der Waals surface area (Å²) in [7, 11) is 0. The second-order valence-corrected chi connectivity index (χ2v) is 3.50. The third-order valence-electron chi connectivity index (χ3n) is 1.75. The molecule has 0 amide bonds. The Balaban J connectivity index is 2.79. The molecule has 0 aromatic carbocycles. The van der Waals surface area contributed by atoms with Gasteiger partial charge < -0.3 is 10.4 Å². The zero-order valence-electron chi connectivity index (χ0n) is 8.32. The normalized spacial score (nSPS) is 10.2. The van der Waals surface area contributed by atoms with Gasteiger partial charge in [0.25, 0.3) is 0 Å². The first-order valence-electron chi connectivity index (χ1n) is 4.52. The van der Waals surface area contributed by atoms with Crippen LogP contribution in [0.2, 0.25) is 0 Å². The van der Waals surface area contributed by atoms with E-state index in [-0.39, 0.29) is 5.56 Å². The molecule has 4 heteroatoms. The molecule has 1 rings (SSSR count). The number of pyridine rings is 1. The maximum absolute atomic E-state index is 10.8. The molecule has 0 fully saturated rings. The fourth-order valence-corrected chi connectivity index (χ4v) is 1.04. The van der Waals surface area contributed by atoms with Crippen LogP contribution in [0.4, 0.5) is 5.69 Å². The molecule has 14 heavy (non-hydrogen) atoms. The van der Waals surface area contributed by atoms with Gasteiger partial charge in [0.05, 0.1) is 17.4 Å². The summed E-state index contributed by atoms with van der Waals surface area (Å²) >= 11 is 0. The minimum atomic E-state index is -0.932. The zero-order chi connectivity index (χ0) is 10.6. The predicted octanol–water partition coefficient (Wildman–Crippen LogP) is 1.85. The summed E-state index contributed by atoms with van der Waals surface area (Å²) in [5.41, 5.74) is 0.842. The maximum Gasteiger partial charge on any atom is 0.337 e. The summed E-state index contributed by atoms with van der Waals surface area (Å²) in [4.78, 5) is 14.7. The Morgan fingerprint density at radius 3 is 2.93 bits per heavy atom. The van der Waals surface area contributed by atoms with E-state index in [0.717, 1.165) is 6.54 Å². The van der Waals surface area contributed by atoms with Gasteiger partial charge in [-0.2, -0.15) is 0 Å². The van der Waals surface area contributed by atoms with Gasteiger partial charge in [-0.25, -0.2) is 4.79 Å². The van der Waals surface area contributed by atoms with E-state index in [4.69, 9.17) is 5.11 Å². The number of aromatic carboxylic acids is 1. The molecule has 0 spiro atoms. The van der Waals surface area contributed by atoms with Crippen molar-refractivity contribution in [2.75, 3.05) is 11.9 Å². The number of aromatic nitrogens is 1. The van der Waals surface area contributed by atoms with E-state index in [9.17, 15) is 4.79 Å². The molecule has 1 aromatic heterocycles. The van der Waals surface area contributed by atoms with Gasteiger partial charge in [-0.05, 0) is 12.0 Å². The molecule has 0 atom stereocenters. The SMILES string of the molecule is CC(C)CNc1cnccc1C(=O)O. The second-order valence-electron chi connectivity index (χ2n) is 3.50. The molecular weight excluding hydrogens is 180 g/mol. The summed E-state index contributed by atoms with van der Waals surface area (Å²) in [5, 5.41) is 11.9. The van der Waals surface area contributed by atoms with Crippen LogP contribution in [-0.2, 0) is 0 Å². The quantitative estimate of drug-likeness (QED) is 0.767. The molecule has 0 saturated heterocycles. The Kier molecular flexibility index (Phi) is 3.45. The van der Waals surface area contributed by atoms with Gasteiger partial charge in [0, 0.05) is 12.7 Å². The van der Waals surface area contributed by atoms with Gasteiger partial charge in [-0.15, -0.1) is 0 Å². The van der Waals surface area contributed by atoms with Crippen molar-refractivity contribution in [1.82, 2.24) is 4.98 Å². The number of hydrogen-bond acceptors (Lipinski definition) is 3. The average molecular weight is 194 g/mol. The number of anilines is 1. The van der Waals surface area contributed by atoms with Crippen LogP contribution >= 0.6 is 0 Å². The van der Waals surface area contributed by atoms with Crippen molar-refractivity contribution >= 4 is 11.7 Å². The smallest absolute Gasteiger partial charge is 0.337 e. The number of hydrogen-bond donors (Lipinski definition) is 2. The number of nitrogens with one attached hydrogen (secondary N) is 1. The lowest BCUT2D eigenvalue weighted by molar-refractivity contribution is 0.0698. The van der Waals surface area contributed by atoms with Crippen LogP contribution in [0.1, 0.15) is 24.2 Å². The molecule has 0 unspecified atom stereocenters. The Labute approximate surface area is 83.0 Å². The number of nitrogens with zero attached hydrogens (tertiary/aromatic N) is 1. The van der Waals surface area contributed by atoms with E-state index < -0.39 is 5.97 Å². The van der Waals surface area contributed by atoms with E-state index in [1.807, 2.05) is 0 Å². The molecule has 2 N–H and O–H groups in total. The first-order valence-corrected chi connectivity index (χ1v) is 4.52. The van der Waals surface area contributed by atoms with E-state index in [1.54, 1.807) is 0 Å². The third kappa shape index (κ3) is 2.73. The fraction of sp³-hybridized carbons (Fsp3) is 0.400. The van der Waals surface area contributed by atoms with Crippen molar-refractivity contribution in [2.24, 2.45) is 5.92 Å². The topological polar surface area (TPSA) is 62.2 Å². The Bertz CT molecular complexity index is 324. The Morgan fingerprint density at radius 2 is 2.36 bits per heavy atom. The van der Waals surface area contributed by atoms with E-state index >= 15 is 0 Å². The van der Waals surface area contributed by atoms with Crippen molar-refractivity contribution in [3.05, 3.63) is 24.0 Å². The number of carboxylic acid groups (broad SMARTS) is 1. The Morgan fingerprint density at radius 1 is 1.64 bits per heavy atom. The van der Waals surface area contributed by atoms with Gasteiger partial charge in [-0.3, -0.25) is 4.98 Å². The summed E-state index contributed by atoms with van der Waals surface area (Å²) in [5.74, 6) is -0.462. The highest BCUT2D eigenvalue weighted by Gasteiger charge is 2.08. The lowest BCUT2D eigenvalue weighted by atomic mass is 10.2. The summed E-state index contributed by atoms with van der Waals surface area (Å²) in [6, 6.07) is 1.49. The molecule has 0 aliphatic rings. The highest BCUT2D eigenvalue weighted by atomic mass is 16.4. The van der Waals surface area contributed by atoms with E-state index in [1.165, 1.54) is 18.5 Å². The first kappa shape index (κ1) is 10.5. The molecule has 0 saturated carbocycles. The highest BCUT2D eigenvalue weighted by molar-refractivity contribution is 5.93. The number of carboxylic acids is 1. The number of carbonyl (C=O) groups is 1. The summed E-state index contributed by atoms with van der Waals surface area (Å²) in [6.07, 6.45) is 3.01. The average Bonchev–Trinajstić information content (AvgIpc) is 2.15. The fourth-order valence-electron chi connectivity index (χ4n) is 1.04. The van der Waals surface area contributed by atoms with Crippen molar-refractivity contribution in [3.63, 3.8) is 0 Å². The summed E-state index contributed by atoms with van der Waals surface area (Å²) in [6.45, 7) is 4.86. The van der Waals surface area contributed by atoms with Crippen molar-refractivity contribution in [2.45, 2.75) is 13.8 Å². The number of rotatable bonds is 4. The third-order valence-corrected chi connectivity index (χ3v) is 1.75. The molecule has 4 nitrogen and oxygen atoms in total. The van der Waals surface area contributed by atoms with Crippen molar-refractivity contribution in [3.8, 4) is 0 Å². The van der Waals surface area contributed by atoms with Crippen LogP contribution in [0.5, 0.6) is 0 Å². The highest BCUT2D eigenvalue weighted by Crippen LogP contribution is 2.13. The van der Waals surface area contributed by atoms with Gasteiger partial charge in [0.15, 0.2) is 0 Å². The largest absolute Gasteiger partial charge is 0.478 e. The maximum atomic E-state index is 10.8. The standard InChI is InChI=1S/C10H14N2O2/c1-7(2)5-12-9-6-11-4-3-8(9)10(13)14/h3-4,6-7,12H,5H2,1-2H3,(H,13,14). The lowest BCUT2D eigenvalue weighted by Gasteiger charge is -2.10. The summed E-state index contributed by atoms with van der Waals surface area (Å²) < 4.78 is 0. The predicted molar refractivity (Wildman–Crippen MR) is 54.5 cm³/mol. The van der Waals surface area contributed by atoms with Crippen LogP contribution in [-0.4, -0.2) is 22.6 Å². The van der Waals surface area contributed by atoms with Gasteiger partial charge in [-0.1, -0.05) is 13.8 Å². The minimum absolute atomic E-state index is 0.264. The molecule has 0 aliphatic carbocycles. The van der Waals surface area contributed by atoms with Crippen LogP contribution in [0, 0.1) is 5.92 Å². The van der Waals surface area contributed by atoms with Crippen LogP contribution in [0.25, 0.3) is 0 Å². The van der Waals surface area contributed by atoms with Crippen molar-refractivity contribution in [1.29, 1.82) is 0 Å². The van der Waals surface area contributed by atoms with Crippen molar-refractivity contribution < 1.29 is 9.90 Å². The van der Waals surface area contributed by atoms with Gasteiger partial charge in [0.2, 0.25) is 0 Å². The van der Waals surface area contributed by atoms with Crippen LogP contribution in [0.3, 0.4) is 0 Å². The monoisotopic (exact) mass is 194 g/mol. The molecule has 1 aromatic rings. The molecule has 1 heterocycles. The van der Waals surface area contributed by atoms with Gasteiger partial charge in [0.1, 0.15) is 0 Å².